The van der Waals surface area contributed by atoms with Crippen molar-refractivity contribution in [1.82, 2.24) is 14.7 Å². The molecule has 1 unspecified atom stereocenters. The first-order chi connectivity index (χ1) is 9.06. The maximum atomic E-state index is 12.6. The molecule has 0 saturated heterocycles. The van der Waals surface area contributed by atoms with Crippen molar-refractivity contribution in [2.45, 2.75) is 25.8 Å². The van der Waals surface area contributed by atoms with E-state index in [-0.39, 0.29) is 11.9 Å². The van der Waals surface area contributed by atoms with E-state index in [9.17, 15) is 4.79 Å². The Hall–Kier alpha value is -1.56. The Morgan fingerprint density at radius 1 is 1.68 bits per heavy atom. The Bertz CT molecular complexity index is 453. The quantitative estimate of drug-likeness (QED) is 0.830. The summed E-state index contributed by atoms with van der Waals surface area (Å²) in [4.78, 5) is 14.5. The van der Waals surface area contributed by atoms with Gasteiger partial charge in [-0.25, -0.2) is 0 Å². The number of methoxy groups -OCH3 is 1. The average molecular weight is 266 g/mol. The molecule has 1 aromatic heterocycles. The van der Waals surface area contributed by atoms with Crippen molar-refractivity contribution in [3.8, 4) is 0 Å². The minimum Gasteiger partial charge on any atom is -0.383 e. The van der Waals surface area contributed by atoms with E-state index >= 15 is 0 Å². The highest BCUT2D eigenvalue weighted by Crippen LogP contribution is 2.35. The SMILES string of the molecule is COCCN(C(=O)c1cnn(C)c1N)C(C)C1CC1. The lowest BCUT2D eigenvalue weighted by Crippen LogP contribution is -2.42. The van der Waals surface area contributed by atoms with Gasteiger partial charge in [-0.2, -0.15) is 5.10 Å². The van der Waals surface area contributed by atoms with Crippen molar-refractivity contribution in [1.29, 1.82) is 0 Å². The Labute approximate surface area is 113 Å². The van der Waals surface area contributed by atoms with Gasteiger partial charge in [-0.1, -0.05) is 0 Å². The number of nitrogens with two attached hydrogens (primary N) is 1. The summed E-state index contributed by atoms with van der Waals surface area (Å²) in [6.07, 6.45) is 3.93. The van der Waals surface area contributed by atoms with Crippen LogP contribution in [0.2, 0.25) is 0 Å². The summed E-state index contributed by atoms with van der Waals surface area (Å²) in [6.45, 7) is 3.21. The number of nitrogens with zero attached hydrogens (tertiary/aromatic N) is 3. The number of carbonyl (C=O) groups excluding carboxylic acids is 1. The van der Waals surface area contributed by atoms with Gasteiger partial charge in [0.05, 0.1) is 12.8 Å². The van der Waals surface area contributed by atoms with Crippen LogP contribution in [0.3, 0.4) is 0 Å². The summed E-state index contributed by atoms with van der Waals surface area (Å²) in [5.41, 5.74) is 6.36. The number of anilines is 1. The number of nitrogen functional groups attached to an aromatic ring is 1. The molecule has 0 radical (unpaired) electrons. The van der Waals surface area contributed by atoms with Crippen LogP contribution in [0.5, 0.6) is 0 Å². The molecular formula is C13H22N4O2. The molecule has 1 aliphatic carbocycles. The first kappa shape index (κ1) is 13.9. The third kappa shape index (κ3) is 2.89. The van der Waals surface area contributed by atoms with Crippen LogP contribution < -0.4 is 5.73 Å². The van der Waals surface area contributed by atoms with Crippen LogP contribution in [0, 0.1) is 5.92 Å². The Morgan fingerprint density at radius 3 is 2.84 bits per heavy atom. The predicted octanol–water partition coefficient (Wildman–Crippen LogP) is 0.889. The Morgan fingerprint density at radius 2 is 2.37 bits per heavy atom. The van der Waals surface area contributed by atoms with Crippen LogP contribution in [0.1, 0.15) is 30.1 Å². The molecule has 1 atom stereocenters. The fraction of sp³-hybridized carbons (Fsp3) is 0.692. The van der Waals surface area contributed by atoms with Gasteiger partial charge in [-0.3, -0.25) is 9.48 Å². The van der Waals surface area contributed by atoms with Crippen molar-refractivity contribution in [2.24, 2.45) is 13.0 Å². The van der Waals surface area contributed by atoms with E-state index in [1.54, 1.807) is 14.2 Å². The van der Waals surface area contributed by atoms with Gasteiger partial charge in [0.1, 0.15) is 11.4 Å². The van der Waals surface area contributed by atoms with E-state index in [4.69, 9.17) is 10.5 Å². The molecule has 1 aromatic rings. The fourth-order valence-electron chi connectivity index (χ4n) is 2.28. The van der Waals surface area contributed by atoms with E-state index in [0.29, 0.717) is 30.5 Å². The van der Waals surface area contributed by atoms with Crippen LogP contribution in [-0.4, -0.2) is 46.9 Å². The van der Waals surface area contributed by atoms with E-state index in [1.165, 1.54) is 23.7 Å². The third-order valence-corrected chi connectivity index (χ3v) is 3.81. The molecule has 0 aliphatic heterocycles. The number of aromatic nitrogens is 2. The lowest BCUT2D eigenvalue weighted by atomic mass is 10.1. The normalized spacial score (nSPS) is 16.4. The summed E-state index contributed by atoms with van der Waals surface area (Å²) in [6, 6.07) is 0.224. The molecule has 0 spiro atoms. The number of ether oxygens (including phenoxy) is 1. The Kier molecular flexibility index (Phi) is 4.09. The molecule has 1 amide bonds. The number of aryl methyl sites for hydroxylation is 1. The zero-order chi connectivity index (χ0) is 14.0. The van der Waals surface area contributed by atoms with Crippen molar-refractivity contribution < 1.29 is 9.53 Å². The van der Waals surface area contributed by atoms with Gasteiger partial charge in [0.25, 0.3) is 5.91 Å². The van der Waals surface area contributed by atoms with Crippen LogP contribution in [0.15, 0.2) is 6.20 Å². The maximum absolute atomic E-state index is 12.6. The standard InChI is InChI=1S/C13H22N4O2/c1-9(10-4-5-10)17(6-7-19-3)13(18)11-8-15-16(2)12(11)14/h8-10H,4-7,14H2,1-3H3. The number of rotatable bonds is 6. The highest BCUT2D eigenvalue weighted by atomic mass is 16.5. The van der Waals surface area contributed by atoms with Gasteiger partial charge in [0.2, 0.25) is 0 Å². The van der Waals surface area contributed by atoms with Crippen molar-refractivity contribution >= 4 is 11.7 Å². The molecule has 1 fully saturated rings. The van der Waals surface area contributed by atoms with Crippen LogP contribution in [-0.2, 0) is 11.8 Å². The average Bonchev–Trinajstić information content (AvgIpc) is 3.18. The zero-order valence-corrected chi connectivity index (χ0v) is 11.8. The highest BCUT2D eigenvalue weighted by Gasteiger charge is 2.35. The van der Waals surface area contributed by atoms with Crippen LogP contribution in [0.25, 0.3) is 0 Å². The lowest BCUT2D eigenvalue weighted by molar-refractivity contribution is 0.0595. The number of hydrogen-bond donors (Lipinski definition) is 1. The van der Waals surface area contributed by atoms with E-state index in [1.807, 2.05) is 4.90 Å². The monoisotopic (exact) mass is 266 g/mol. The highest BCUT2D eigenvalue weighted by molar-refractivity contribution is 5.98. The van der Waals surface area contributed by atoms with Crippen LogP contribution >= 0.6 is 0 Å². The molecule has 1 aliphatic rings. The molecule has 0 aromatic carbocycles. The van der Waals surface area contributed by atoms with Gasteiger partial charge >= 0.3 is 0 Å². The molecule has 1 heterocycles. The first-order valence-corrected chi connectivity index (χ1v) is 6.63. The minimum atomic E-state index is -0.0537. The molecule has 6 heteroatoms. The maximum Gasteiger partial charge on any atom is 0.259 e. The summed E-state index contributed by atoms with van der Waals surface area (Å²) >= 11 is 0. The molecule has 0 bridgehead atoms. The minimum absolute atomic E-state index is 0.0537. The topological polar surface area (TPSA) is 73.4 Å². The van der Waals surface area contributed by atoms with Crippen molar-refractivity contribution in [3.05, 3.63) is 11.8 Å². The predicted molar refractivity (Wildman–Crippen MR) is 72.7 cm³/mol. The Balaban J connectivity index is 2.16. The smallest absolute Gasteiger partial charge is 0.259 e. The summed E-state index contributed by atoms with van der Waals surface area (Å²) in [7, 11) is 3.37. The molecule has 1 saturated carbocycles. The van der Waals surface area contributed by atoms with Gasteiger partial charge in [0.15, 0.2) is 0 Å². The summed E-state index contributed by atoms with van der Waals surface area (Å²) in [5, 5.41) is 4.03. The lowest BCUT2D eigenvalue weighted by Gasteiger charge is -2.29. The van der Waals surface area contributed by atoms with Gasteiger partial charge in [0, 0.05) is 26.7 Å². The second-order valence-corrected chi connectivity index (χ2v) is 5.14. The second kappa shape index (κ2) is 5.61. The zero-order valence-electron chi connectivity index (χ0n) is 11.8. The number of carbonyl (C=O) groups is 1. The third-order valence-electron chi connectivity index (χ3n) is 3.81. The van der Waals surface area contributed by atoms with E-state index < -0.39 is 0 Å². The molecule has 6 nitrogen and oxygen atoms in total. The van der Waals surface area contributed by atoms with E-state index in [0.717, 1.165) is 0 Å². The van der Waals surface area contributed by atoms with Gasteiger partial charge in [-0.05, 0) is 25.7 Å². The van der Waals surface area contributed by atoms with Gasteiger partial charge < -0.3 is 15.4 Å². The van der Waals surface area contributed by atoms with E-state index in [2.05, 4.69) is 12.0 Å². The van der Waals surface area contributed by atoms with Gasteiger partial charge in [-0.15, -0.1) is 0 Å². The summed E-state index contributed by atoms with van der Waals surface area (Å²) in [5.74, 6) is 0.969. The number of amides is 1. The molecule has 2 N–H and O–H groups in total. The first-order valence-electron chi connectivity index (χ1n) is 6.63. The van der Waals surface area contributed by atoms with Crippen molar-refractivity contribution in [2.75, 3.05) is 26.0 Å². The second-order valence-electron chi connectivity index (χ2n) is 5.14. The van der Waals surface area contributed by atoms with Crippen molar-refractivity contribution in [3.63, 3.8) is 0 Å². The largest absolute Gasteiger partial charge is 0.383 e. The molecular weight excluding hydrogens is 244 g/mol. The molecule has 106 valence electrons. The fourth-order valence-corrected chi connectivity index (χ4v) is 2.28. The van der Waals surface area contributed by atoms with Crippen LogP contribution in [0.4, 0.5) is 5.82 Å². The molecule has 2 rings (SSSR count). The summed E-state index contributed by atoms with van der Waals surface area (Å²) < 4.78 is 6.62. The molecule has 19 heavy (non-hydrogen) atoms. The number of hydrogen-bond acceptors (Lipinski definition) is 4.